The van der Waals surface area contributed by atoms with Crippen molar-refractivity contribution < 1.29 is 30.8 Å². The van der Waals surface area contributed by atoms with E-state index in [1.807, 2.05) is 0 Å². The Hall–Kier alpha value is -2.66. The summed E-state index contributed by atoms with van der Waals surface area (Å²) in [6, 6.07) is 5.89. The lowest BCUT2D eigenvalue weighted by Crippen LogP contribution is -2.28. The zero-order chi connectivity index (χ0) is 20.7. The number of carbonyl (C=O) groups excluding carboxylic acids is 1. The van der Waals surface area contributed by atoms with Crippen LogP contribution in [0.3, 0.4) is 0 Å². The fourth-order valence-electron chi connectivity index (χ4n) is 2.56. The Morgan fingerprint density at radius 1 is 1.18 bits per heavy atom. The highest BCUT2D eigenvalue weighted by atomic mass is 32.2. The van der Waals surface area contributed by atoms with Crippen LogP contribution in [-0.2, 0) is 24.7 Å². The molecule has 1 aliphatic rings. The van der Waals surface area contributed by atoms with E-state index in [0.717, 1.165) is 18.2 Å². The SMILES string of the molecule is CCS(=O)(=O)c1cc2c(c(S(=O)(=O)Nc3ccc(C)c(F)c3)c1)OCC(=O)N2. The molecular formula is C17H17FN2O6S2. The molecule has 1 amide bonds. The van der Waals surface area contributed by atoms with Crippen LogP contribution in [0.2, 0.25) is 0 Å². The summed E-state index contributed by atoms with van der Waals surface area (Å²) in [6.45, 7) is 2.51. The van der Waals surface area contributed by atoms with Gasteiger partial charge < -0.3 is 10.1 Å². The van der Waals surface area contributed by atoms with Gasteiger partial charge in [0, 0.05) is 0 Å². The molecule has 11 heteroatoms. The first-order chi connectivity index (χ1) is 13.0. The molecule has 8 nitrogen and oxygen atoms in total. The van der Waals surface area contributed by atoms with E-state index in [2.05, 4.69) is 10.0 Å². The molecule has 0 atom stereocenters. The average Bonchev–Trinajstić information content (AvgIpc) is 2.63. The van der Waals surface area contributed by atoms with Crippen molar-refractivity contribution in [3.05, 3.63) is 41.7 Å². The van der Waals surface area contributed by atoms with Gasteiger partial charge in [0.2, 0.25) is 0 Å². The number of hydrogen-bond acceptors (Lipinski definition) is 6. The molecule has 28 heavy (non-hydrogen) atoms. The first-order valence-corrected chi connectivity index (χ1v) is 11.3. The maximum absolute atomic E-state index is 13.8. The van der Waals surface area contributed by atoms with Gasteiger partial charge in [-0.1, -0.05) is 13.0 Å². The molecule has 3 rings (SSSR count). The summed E-state index contributed by atoms with van der Waals surface area (Å²) in [7, 11) is -8.13. The number of nitrogens with one attached hydrogen (secondary N) is 2. The fraction of sp³-hybridized carbons (Fsp3) is 0.235. The van der Waals surface area contributed by atoms with Crippen molar-refractivity contribution in [1.29, 1.82) is 0 Å². The molecule has 0 saturated carbocycles. The van der Waals surface area contributed by atoms with Gasteiger partial charge >= 0.3 is 0 Å². The standard InChI is InChI=1S/C17H17FN2O6S2/c1-3-27(22,23)12-7-14-17(26-9-16(21)19-14)15(8-12)28(24,25)20-11-5-4-10(2)13(18)6-11/h4-8,20H,3,9H2,1-2H3,(H,19,21). The van der Waals surface area contributed by atoms with Gasteiger partial charge in [0.1, 0.15) is 10.7 Å². The molecule has 0 aliphatic carbocycles. The number of sulfonamides is 1. The van der Waals surface area contributed by atoms with Gasteiger partial charge in [0.15, 0.2) is 22.2 Å². The van der Waals surface area contributed by atoms with Gasteiger partial charge in [-0.2, -0.15) is 0 Å². The topological polar surface area (TPSA) is 119 Å². The zero-order valence-corrected chi connectivity index (χ0v) is 16.6. The number of rotatable bonds is 5. The minimum absolute atomic E-state index is 0.0413. The van der Waals surface area contributed by atoms with Gasteiger partial charge in [0.25, 0.3) is 15.9 Å². The fourth-order valence-corrected chi connectivity index (χ4v) is 4.80. The Morgan fingerprint density at radius 2 is 1.89 bits per heavy atom. The van der Waals surface area contributed by atoms with Gasteiger partial charge in [0.05, 0.1) is 22.0 Å². The minimum atomic E-state index is -4.35. The van der Waals surface area contributed by atoms with Crippen LogP contribution >= 0.6 is 0 Å². The van der Waals surface area contributed by atoms with Crippen LogP contribution in [0.4, 0.5) is 15.8 Å². The van der Waals surface area contributed by atoms with Crippen LogP contribution in [0.1, 0.15) is 12.5 Å². The van der Waals surface area contributed by atoms with Gasteiger partial charge in [-0.15, -0.1) is 0 Å². The monoisotopic (exact) mass is 428 g/mol. The lowest BCUT2D eigenvalue weighted by Gasteiger charge is -2.22. The number of carbonyl (C=O) groups is 1. The summed E-state index contributed by atoms with van der Waals surface area (Å²) >= 11 is 0. The lowest BCUT2D eigenvalue weighted by molar-refractivity contribution is -0.118. The van der Waals surface area contributed by atoms with E-state index in [9.17, 15) is 26.0 Å². The molecule has 1 heterocycles. The number of halogens is 1. The third-order valence-electron chi connectivity index (χ3n) is 4.10. The summed E-state index contributed by atoms with van der Waals surface area (Å²) < 4.78 is 71.5. The Bertz CT molecular complexity index is 1180. The first-order valence-electron chi connectivity index (χ1n) is 8.16. The van der Waals surface area contributed by atoms with Gasteiger partial charge in [-0.05, 0) is 36.8 Å². The third kappa shape index (κ3) is 3.80. The quantitative estimate of drug-likeness (QED) is 0.753. The Morgan fingerprint density at radius 3 is 2.54 bits per heavy atom. The number of aryl methyl sites for hydroxylation is 1. The number of ether oxygens (including phenoxy) is 1. The second kappa shape index (κ2) is 7.06. The van der Waals surface area contributed by atoms with Crippen molar-refractivity contribution in [2.75, 3.05) is 22.4 Å². The summed E-state index contributed by atoms with van der Waals surface area (Å²) in [5.74, 6) is -1.60. The van der Waals surface area contributed by atoms with Crippen molar-refractivity contribution in [1.82, 2.24) is 0 Å². The highest BCUT2D eigenvalue weighted by molar-refractivity contribution is 7.93. The van der Waals surface area contributed by atoms with Crippen molar-refractivity contribution in [3.63, 3.8) is 0 Å². The van der Waals surface area contributed by atoms with Crippen molar-refractivity contribution in [3.8, 4) is 5.75 Å². The van der Waals surface area contributed by atoms with E-state index in [0.29, 0.717) is 5.56 Å². The molecule has 0 spiro atoms. The zero-order valence-electron chi connectivity index (χ0n) is 14.9. The molecule has 0 saturated heterocycles. The van der Waals surface area contributed by atoms with E-state index >= 15 is 0 Å². The molecule has 150 valence electrons. The molecule has 2 N–H and O–H groups in total. The largest absolute Gasteiger partial charge is 0.480 e. The van der Waals surface area contributed by atoms with Crippen LogP contribution in [0.15, 0.2) is 40.1 Å². The Kier molecular flexibility index (Phi) is 5.06. The molecule has 0 fully saturated rings. The molecule has 0 unspecified atom stereocenters. The van der Waals surface area contributed by atoms with E-state index in [1.54, 1.807) is 0 Å². The van der Waals surface area contributed by atoms with Crippen LogP contribution in [-0.4, -0.2) is 35.1 Å². The first kappa shape index (κ1) is 20.1. The summed E-state index contributed by atoms with van der Waals surface area (Å²) in [5, 5.41) is 2.41. The number of sulfone groups is 1. The van der Waals surface area contributed by atoms with E-state index in [1.165, 1.54) is 26.0 Å². The predicted molar refractivity (Wildman–Crippen MR) is 100 cm³/mol. The van der Waals surface area contributed by atoms with E-state index < -0.39 is 43.1 Å². The molecule has 0 bridgehead atoms. The number of amides is 1. The number of fused-ring (bicyclic) bond motifs is 1. The van der Waals surface area contributed by atoms with Crippen molar-refractivity contribution >= 4 is 37.1 Å². The lowest BCUT2D eigenvalue weighted by atomic mass is 10.2. The normalized spacial score (nSPS) is 14.0. The van der Waals surface area contributed by atoms with Crippen LogP contribution < -0.4 is 14.8 Å². The predicted octanol–water partition coefficient (Wildman–Crippen LogP) is 2.06. The van der Waals surface area contributed by atoms with E-state index in [4.69, 9.17) is 4.74 Å². The smallest absolute Gasteiger partial charge is 0.265 e. The second-order valence-corrected chi connectivity index (χ2v) is 10.0. The Labute approximate surface area is 161 Å². The van der Waals surface area contributed by atoms with Gasteiger partial charge in [-0.25, -0.2) is 21.2 Å². The highest BCUT2D eigenvalue weighted by Gasteiger charge is 2.30. The molecule has 0 radical (unpaired) electrons. The van der Waals surface area contributed by atoms with Crippen LogP contribution in [0, 0.1) is 12.7 Å². The van der Waals surface area contributed by atoms with Crippen LogP contribution in [0.5, 0.6) is 5.75 Å². The second-order valence-electron chi connectivity index (χ2n) is 6.11. The van der Waals surface area contributed by atoms with E-state index in [-0.39, 0.29) is 27.8 Å². The summed E-state index contributed by atoms with van der Waals surface area (Å²) in [6.07, 6.45) is 0. The number of hydrogen-bond donors (Lipinski definition) is 2. The average molecular weight is 428 g/mol. The molecule has 2 aromatic carbocycles. The molecule has 2 aromatic rings. The van der Waals surface area contributed by atoms with Crippen molar-refractivity contribution in [2.45, 2.75) is 23.6 Å². The van der Waals surface area contributed by atoms with Crippen LogP contribution in [0.25, 0.3) is 0 Å². The molecular weight excluding hydrogens is 411 g/mol. The Balaban J connectivity index is 2.15. The molecule has 1 aliphatic heterocycles. The minimum Gasteiger partial charge on any atom is -0.480 e. The summed E-state index contributed by atoms with van der Waals surface area (Å²) in [4.78, 5) is 10.8. The summed E-state index contributed by atoms with van der Waals surface area (Å²) in [5.41, 5.74) is 0.226. The highest BCUT2D eigenvalue weighted by Crippen LogP contribution is 2.38. The van der Waals surface area contributed by atoms with Gasteiger partial charge in [-0.3, -0.25) is 9.52 Å². The molecule has 0 aromatic heterocycles. The number of benzene rings is 2. The maximum Gasteiger partial charge on any atom is 0.265 e. The third-order valence-corrected chi connectivity index (χ3v) is 7.20. The number of anilines is 2. The maximum atomic E-state index is 13.8. The van der Waals surface area contributed by atoms with Crippen molar-refractivity contribution in [2.24, 2.45) is 0 Å².